The quantitative estimate of drug-likeness (QED) is 0.902. The normalized spacial score (nSPS) is 17.3. The lowest BCUT2D eigenvalue weighted by Gasteiger charge is -2.22. The second-order valence-corrected chi connectivity index (χ2v) is 5.80. The van der Waals surface area contributed by atoms with E-state index in [-0.39, 0.29) is 11.9 Å². The summed E-state index contributed by atoms with van der Waals surface area (Å²) in [5, 5.41) is 5.93. The smallest absolute Gasteiger partial charge is 0.243 e. The summed E-state index contributed by atoms with van der Waals surface area (Å²) in [5.74, 6) is 1.10. The highest BCUT2D eigenvalue weighted by atomic mass is 16.5. The van der Waals surface area contributed by atoms with Crippen LogP contribution in [-0.2, 0) is 9.53 Å². The summed E-state index contributed by atoms with van der Waals surface area (Å²) in [4.78, 5) is 16.3. The minimum atomic E-state index is -0.329. The van der Waals surface area contributed by atoms with Gasteiger partial charge in [0.25, 0.3) is 0 Å². The molecule has 6 nitrogen and oxygen atoms in total. The number of nitrogens with one attached hydrogen (secondary N) is 2. The summed E-state index contributed by atoms with van der Waals surface area (Å²) < 4.78 is 11.0. The van der Waals surface area contributed by atoms with Crippen molar-refractivity contribution in [2.75, 3.05) is 25.1 Å². The minimum Gasteiger partial charge on any atom is -0.439 e. The van der Waals surface area contributed by atoms with E-state index in [0.717, 1.165) is 5.75 Å². The van der Waals surface area contributed by atoms with Gasteiger partial charge in [-0.3, -0.25) is 4.79 Å². The predicted molar refractivity (Wildman–Crippen MR) is 91.5 cm³/mol. The summed E-state index contributed by atoms with van der Waals surface area (Å²) in [6.07, 6.45) is 1.58. The molecule has 3 rings (SSSR count). The van der Waals surface area contributed by atoms with Crippen LogP contribution in [0, 0.1) is 13.8 Å². The number of hydrogen-bond acceptors (Lipinski definition) is 5. The lowest BCUT2D eigenvalue weighted by molar-refractivity contribution is -0.120. The Bertz CT molecular complexity index is 710. The van der Waals surface area contributed by atoms with Crippen molar-refractivity contribution in [3.63, 3.8) is 0 Å². The lowest BCUT2D eigenvalue weighted by atomic mass is 10.1. The Morgan fingerprint density at radius 2 is 2.17 bits per heavy atom. The Hall–Kier alpha value is -2.44. The molecular formula is C18H21N3O3. The maximum absolute atomic E-state index is 12.1. The summed E-state index contributed by atoms with van der Waals surface area (Å²) in [6, 6.07) is 9.07. The van der Waals surface area contributed by atoms with Gasteiger partial charge >= 0.3 is 0 Å². The maximum atomic E-state index is 12.1. The van der Waals surface area contributed by atoms with E-state index in [1.54, 1.807) is 18.3 Å². The number of ether oxygens (including phenoxy) is 2. The van der Waals surface area contributed by atoms with Gasteiger partial charge in [0.05, 0.1) is 25.1 Å². The van der Waals surface area contributed by atoms with Crippen LogP contribution in [0.3, 0.4) is 0 Å². The average molecular weight is 327 g/mol. The van der Waals surface area contributed by atoms with Gasteiger partial charge in [0.2, 0.25) is 11.8 Å². The molecule has 1 aromatic heterocycles. The zero-order valence-electron chi connectivity index (χ0n) is 13.8. The molecule has 0 saturated carbocycles. The molecule has 1 aromatic carbocycles. The predicted octanol–water partition coefficient (Wildman–Crippen LogP) is 2.42. The van der Waals surface area contributed by atoms with Gasteiger partial charge in [-0.15, -0.1) is 0 Å². The van der Waals surface area contributed by atoms with Crippen molar-refractivity contribution in [3.8, 4) is 11.6 Å². The van der Waals surface area contributed by atoms with E-state index in [4.69, 9.17) is 9.47 Å². The third-order valence-electron chi connectivity index (χ3n) is 3.94. The molecule has 0 radical (unpaired) electrons. The van der Waals surface area contributed by atoms with E-state index in [0.29, 0.717) is 31.3 Å². The van der Waals surface area contributed by atoms with Crippen LogP contribution in [0.4, 0.5) is 5.69 Å². The fourth-order valence-electron chi connectivity index (χ4n) is 2.38. The van der Waals surface area contributed by atoms with Crippen molar-refractivity contribution in [3.05, 3.63) is 47.7 Å². The Kier molecular flexibility index (Phi) is 5.08. The van der Waals surface area contributed by atoms with E-state index >= 15 is 0 Å². The number of nitrogens with zero attached hydrogens (tertiary/aromatic N) is 1. The van der Waals surface area contributed by atoms with Crippen molar-refractivity contribution in [1.29, 1.82) is 0 Å². The van der Waals surface area contributed by atoms with Gasteiger partial charge in [0.15, 0.2) is 0 Å². The first-order valence-electron chi connectivity index (χ1n) is 7.95. The Morgan fingerprint density at radius 1 is 1.29 bits per heavy atom. The van der Waals surface area contributed by atoms with Crippen molar-refractivity contribution in [2.45, 2.75) is 19.9 Å². The molecule has 2 heterocycles. The number of aromatic nitrogens is 1. The highest BCUT2D eigenvalue weighted by molar-refractivity contribution is 5.94. The van der Waals surface area contributed by atoms with Crippen molar-refractivity contribution >= 4 is 11.6 Å². The molecule has 0 aliphatic carbocycles. The number of hydrogen-bond donors (Lipinski definition) is 2. The molecule has 2 N–H and O–H groups in total. The summed E-state index contributed by atoms with van der Waals surface area (Å²) >= 11 is 0. The molecule has 1 aliphatic rings. The number of benzene rings is 1. The molecule has 126 valence electrons. The first kappa shape index (κ1) is 16.4. The number of pyridine rings is 1. The molecule has 1 amide bonds. The number of anilines is 1. The summed E-state index contributed by atoms with van der Waals surface area (Å²) in [7, 11) is 0. The zero-order chi connectivity index (χ0) is 16.9. The van der Waals surface area contributed by atoms with Gasteiger partial charge in [-0.05, 0) is 43.2 Å². The van der Waals surface area contributed by atoms with Crippen molar-refractivity contribution < 1.29 is 14.3 Å². The molecule has 0 bridgehead atoms. The number of carbonyl (C=O) groups excluding carboxylic acids is 1. The fraction of sp³-hybridized carbons (Fsp3) is 0.333. The number of morpholine rings is 1. The zero-order valence-corrected chi connectivity index (χ0v) is 13.8. The van der Waals surface area contributed by atoms with Gasteiger partial charge in [0, 0.05) is 12.6 Å². The molecule has 1 unspecified atom stereocenters. The van der Waals surface area contributed by atoms with Crippen LogP contribution in [0.1, 0.15) is 11.1 Å². The average Bonchev–Trinajstić information content (AvgIpc) is 2.61. The maximum Gasteiger partial charge on any atom is 0.243 e. The Balaban J connectivity index is 1.60. The number of aryl methyl sites for hydroxylation is 2. The van der Waals surface area contributed by atoms with Gasteiger partial charge in [-0.2, -0.15) is 0 Å². The van der Waals surface area contributed by atoms with E-state index in [9.17, 15) is 4.79 Å². The fourth-order valence-corrected chi connectivity index (χ4v) is 2.38. The van der Waals surface area contributed by atoms with Crippen LogP contribution in [0.2, 0.25) is 0 Å². The summed E-state index contributed by atoms with van der Waals surface area (Å²) in [6.45, 7) is 5.79. The highest BCUT2D eigenvalue weighted by Gasteiger charge is 2.21. The van der Waals surface area contributed by atoms with Gasteiger partial charge in [-0.25, -0.2) is 4.98 Å². The first-order valence-corrected chi connectivity index (χ1v) is 7.95. The van der Waals surface area contributed by atoms with E-state index in [1.165, 1.54) is 11.1 Å². The number of rotatable bonds is 4. The van der Waals surface area contributed by atoms with Crippen LogP contribution in [0.5, 0.6) is 11.6 Å². The molecule has 1 fully saturated rings. The number of carbonyl (C=O) groups is 1. The van der Waals surface area contributed by atoms with Crippen LogP contribution >= 0.6 is 0 Å². The second-order valence-electron chi connectivity index (χ2n) is 5.80. The van der Waals surface area contributed by atoms with Gasteiger partial charge in [0.1, 0.15) is 11.8 Å². The third-order valence-corrected chi connectivity index (χ3v) is 3.94. The SMILES string of the molecule is Cc1ccc(Oc2ccc(NC(=O)C3COCCN3)cn2)cc1C. The molecule has 1 saturated heterocycles. The Morgan fingerprint density at radius 3 is 2.83 bits per heavy atom. The monoisotopic (exact) mass is 327 g/mol. The van der Waals surface area contributed by atoms with Crippen LogP contribution in [-0.4, -0.2) is 36.7 Å². The van der Waals surface area contributed by atoms with E-state index in [1.807, 2.05) is 25.1 Å². The number of amides is 1. The van der Waals surface area contributed by atoms with Crippen LogP contribution < -0.4 is 15.4 Å². The minimum absolute atomic E-state index is 0.126. The topological polar surface area (TPSA) is 72.5 Å². The molecule has 2 aromatic rings. The second kappa shape index (κ2) is 7.42. The van der Waals surface area contributed by atoms with Gasteiger partial charge in [-0.1, -0.05) is 6.07 Å². The molecule has 1 aliphatic heterocycles. The third kappa shape index (κ3) is 4.10. The Labute approximate surface area is 141 Å². The molecule has 24 heavy (non-hydrogen) atoms. The lowest BCUT2D eigenvalue weighted by Crippen LogP contribution is -2.48. The summed E-state index contributed by atoms with van der Waals surface area (Å²) in [5.41, 5.74) is 3.01. The highest BCUT2D eigenvalue weighted by Crippen LogP contribution is 2.23. The van der Waals surface area contributed by atoms with E-state index < -0.39 is 0 Å². The largest absolute Gasteiger partial charge is 0.439 e. The van der Waals surface area contributed by atoms with Crippen molar-refractivity contribution in [1.82, 2.24) is 10.3 Å². The van der Waals surface area contributed by atoms with Crippen LogP contribution in [0.15, 0.2) is 36.5 Å². The molecule has 0 spiro atoms. The molecule has 6 heteroatoms. The van der Waals surface area contributed by atoms with Gasteiger partial charge < -0.3 is 20.1 Å². The van der Waals surface area contributed by atoms with E-state index in [2.05, 4.69) is 22.5 Å². The standard InChI is InChI=1S/C18H21N3O3/c1-12-3-5-15(9-13(12)2)24-17-6-4-14(10-20-17)21-18(22)16-11-23-8-7-19-16/h3-6,9-10,16,19H,7-8,11H2,1-2H3,(H,21,22). The first-order chi connectivity index (χ1) is 11.6. The molecular weight excluding hydrogens is 306 g/mol. The van der Waals surface area contributed by atoms with Crippen LogP contribution in [0.25, 0.3) is 0 Å². The molecule has 1 atom stereocenters. The van der Waals surface area contributed by atoms with Crippen molar-refractivity contribution in [2.24, 2.45) is 0 Å².